The van der Waals surface area contributed by atoms with Gasteiger partial charge in [0.15, 0.2) is 0 Å². The number of aromatic nitrogens is 4. The molecule has 2 aromatic rings. The minimum absolute atomic E-state index is 0.491. The Hall–Kier alpha value is -1.82. The molecule has 6 nitrogen and oxygen atoms in total. The predicted molar refractivity (Wildman–Crippen MR) is 57.6 cm³/mol. The Morgan fingerprint density at radius 2 is 2.12 bits per heavy atom. The van der Waals surface area contributed by atoms with Gasteiger partial charge in [-0.1, -0.05) is 5.16 Å². The van der Waals surface area contributed by atoms with Crippen molar-refractivity contribution in [1.82, 2.24) is 20.1 Å². The van der Waals surface area contributed by atoms with E-state index in [9.17, 15) is 0 Å². The third kappa shape index (κ3) is 2.06. The fourth-order valence-corrected chi connectivity index (χ4v) is 1.39. The van der Waals surface area contributed by atoms with Crippen molar-refractivity contribution in [2.24, 2.45) is 5.73 Å². The standard InChI is InChI=1S/C10H13N5O/c1-6-8(5-12-7(2)13-6)10-14-9(3-4-11)16-15-10/h5H,3-4,11H2,1-2H3. The SMILES string of the molecule is Cc1ncc(-c2noc(CCN)n2)c(C)n1. The van der Waals surface area contributed by atoms with Crippen LogP contribution in [0.4, 0.5) is 0 Å². The molecule has 2 heterocycles. The lowest BCUT2D eigenvalue weighted by atomic mass is 10.2. The second-order valence-corrected chi connectivity index (χ2v) is 3.47. The van der Waals surface area contributed by atoms with Gasteiger partial charge in [-0.15, -0.1) is 0 Å². The summed E-state index contributed by atoms with van der Waals surface area (Å²) in [5, 5.41) is 3.87. The van der Waals surface area contributed by atoms with Gasteiger partial charge < -0.3 is 10.3 Å². The third-order valence-electron chi connectivity index (χ3n) is 2.17. The summed E-state index contributed by atoms with van der Waals surface area (Å²) in [5.74, 6) is 1.78. The number of rotatable bonds is 3. The Balaban J connectivity index is 2.35. The average molecular weight is 219 g/mol. The maximum Gasteiger partial charge on any atom is 0.228 e. The molecule has 0 bridgehead atoms. The van der Waals surface area contributed by atoms with Crippen LogP contribution in [0.15, 0.2) is 10.7 Å². The molecule has 6 heteroatoms. The topological polar surface area (TPSA) is 90.7 Å². The third-order valence-corrected chi connectivity index (χ3v) is 2.17. The largest absolute Gasteiger partial charge is 0.339 e. The fourth-order valence-electron chi connectivity index (χ4n) is 1.39. The van der Waals surface area contributed by atoms with Crippen LogP contribution in [0.25, 0.3) is 11.4 Å². The minimum atomic E-state index is 0.491. The van der Waals surface area contributed by atoms with E-state index in [0.717, 1.165) is 17.1 Å². The molecule has 16 heavy (non-hydrogen) atoms. The lowest BCUT2D eigenvalue weighted by Crippen LogP contribution is -2.02. The van der Waals surface area contributed by atoms with Crippen molar-refractivity contribution < 1.29 is 4.52 Å². The van der Waals surface area contributed by atoms with E-state index in [2.05, 4.69) is 20.1 Å². The highest BCUT2D eigenvalue weighted by atomic mass is 16.5. The molecule has 0 saturated heterocycles. The molecule has 0 radical (unpaired) electrons. The minimum Gasteiger partial charge on any atom is -0.339 e. The highest BCUT2D eigenvalue weighted by Gasteiger charge is 2.11. The number of aryl methyl sites for hydroxylation is 2. The maximum atomic E-state index is 5.41. The molecule has 0 atom stereocenters. The molecule has 0 aromatic carbocycles. The van der Waals surface area contributed by atoms with Crippen LogP contribution < -0.4 is 5.73 Å². The first kappa shape index (κ1) is 10.7. The molecular weight excluding hydrogens is 206 g/mol. The summed E-state index contributed by atoms with van der Waals surface area (Å²) in [6.45, 7) is 4.22. The van der Waals surface area contributed by atoms with Gasteiger partial charge in [-0.05, 0) is 13.8 Å². The van der Waals surface area contributed by atoms with Crippen molar-refractivity contribution in [3.63, 3.8) is 0 Å². The Morgan fingerprint density at radius 1 is 1.31 bits per heavy atom. The summed E-state index contributed by atoms with van der Waals surface area (Å²) in [4.78, 5) is 12.6. The van der Waals surface area contributed by atoms with Crippen LogP contribution in [-0.4, -0.2) is 26.7 Å². The average Bonchev–Trinajstić information content (AvgIpc) is 2.67. The van der Waals surface area contributed by atoms with E-state index >= 15 is 0 Å². The van der Waals surface area contributed by atoms with E-state index in [1.54, 1.807) is 6.20 Å². The van der Waals surface area contributed by atoms with Gasteiger partial charge in [0.25, 0.3) is 0 Å². The first-order valence-corrected chi connectivity index (χ1v) is 5.04. The molecule has 2 aromatic heterocycles. The smallest absolute Gasteiger partial charge is 0.228 e. The van der Waals surface area contributed by atoms with Crippen molar-refractivity contribution in [3.05, 3.63) is 23.6 Å². The van der Waals surface area contributed by atoms with Gasteiger partial charge in [-0.2, -0.15) is 4.98 Å². The van der Waals surface area contributed by atoms with Crippen molar-refractivity contribution >= 4 is 0 Å². The molecular formula is C10H13N5O. The second kappa shape index (κ2) is 4.36. The van der Waals surface area contributed by atoms with Crippen molar-refractivity contribution in [1.29, 1.82) is 0 Å². The van der Waals surface area contributed by atoms with Gasteiger partial charge in [-0.3, -0.25) is 0 Å². The van der Waals surface area contributed by atoms with Crippen LogP contribution in [-0.2, 0) is 6.42 Å². The molecule has 0 amide bonds. The second-order valence-electron chi connectivity index (χ2n) is 3.47. The van der Waals surface area contributed by atoms with Gasteiger partial charge in [0.05, 0.1) is 11.3 Å². The zero-order chi connectivity index (χ0) is 11.5. The van der Waals surface area contributed by atoms with Crippen LogP contribution in [0.2, 0.25) is 0 Å². The fraction of sp³-hybridized carbons (Fsp3) is 0.400. The van der Waals surface area contributed by atoms with Crippen molar-refractivity contribution in [2.75, 3.05) is 6.54 Å². The van der Waals surface area contributed by atoms with Crippen LogP contribution in [0, 0.1) is 13.8 Å². The van der Waals surface area contributed by atoms with Crippen molar-refractivity contribution in [3.8, 4) is 11.4 Å². The molecule has 2 rings (SSSR count). The number of hydrogen-bond donors (Lipinski definition) is 1. The van der Waals surface area contributed by atoms with Gasteiger partial charge in [-0.25, -0.2) is 9.97 Å². The van der Waals surface area contributed by atoms with Gasteiger partial charge >= 0.3 is 0 Å². The summed E-state index contributed by atoms with van der Waals surface area (Å²) in [7, 11) is 0. The lowest BCUT2D eigenvalue weighted by Gasteiger charge is -1.99. The summed E-state index contributed by atoms with van der Waals surface area (Å²) >= 11 is 0. The van der Waals surface area contributed by atoms with Crippen molar-refractivity contribution in [2.45, 2.75) is 20.3 Å². The first-order valence-electron chi connectivity index (χ1n) is 5.04. The predicted octanol–water partition coefficient (Wildman–Crippen LogP) is 0.645. The Labute approximate surface area is 92.9 Å². The molecule has 0 unspecified atom stereocenters. The van der Waals surface area contributed by atoms with Crippen LogP contribution >= 0.6 is 0 Å². The summed E-state index contributed by atoms with van der Waals surface area (Å²) < 4.78 is 5.05. The number of nitrogens with zero attached hydrogens (tertiary/aromatic N) is 4. The molecule has 2 N–H and O–H groups in total. The lowest BCUT2D eigenvalue weighted by molar-refractivity contribution is 0.380. The Morgan fingerprint density at radius 3 is 2.81 bits per heavy atom. The molecule has 0 aliphatic rings. The molecule has 0 fully saturated rings. The van der Waals surface area contributed by atoms with Crippen LogP contribution in [0.5, 0.6) is 0 Å². The van der Waals surface area contributed by atoms with E-state index in [1.165, 1.54) is 0 Å². The van der Waals surface area contributed by atoms with E-state index in [-0.39, 0.29) is 0 Å². The zero-order valence-corrected chi connectivity index (χ0v) is 9.27. The van der Waals surface area contributed by atoms with Gasteiger partial charge in [0.1, 0.15) is 5.82 Å². The van der Waals surface area contributed by atoms with E-state index in [0.29, 0.717) is 24.7 Å². The number of nitrogens with two attached hydrogens (primary N) is 1. The Kier molecular flexibility index (Phi) is 2.91. The molecule has 84 valence electrons. The quantitative estimate of drug-likeness (QED) is 0.814. The highest BCUT2D eigenvalue weighted by molar-refractivity contribution is 5.55. The molecule has 0 spiro atoms. The van der Waals surface area contributed by atoms with Gasteiger partial charge in [0, 0.05) is 19.2 Å². The molecule has 0 aliphatic heterocycles. The molecule has 0 aliphatic carbocycles. The van der Waals surface area contributed by atoms with Crippen LogP contribution in [0.3, 0.4) is 0 Å². The van der Waals surface area contributed by atoms with E-state index < -0.39 is 0 Å². The van der Waals surface area contributed by atoms with Crippen LogP contribution in [0.1, 0.15) is 17.4 Å². The highest BCUT2D eigenvalue weighted by Crippen LogP contribution is 2.17. The number of hydrogen-bond acceptors (Lipinski definition) is 6. The summed E-state index contributed by atoms with van der Waals surface area (Å²) in [6, 6.07) is 0. The Bertz CT molecular complexity index is 494. The van der Waals surface area contributed by atoms with E-state index in [4.69, 9.17) is 10.3 Å². The maximum absolute atomic E-state index is 5.41. The molecule has 0 saturated carbocycles. The van der Waals surface area contributed by atoms with Gasteiger partial charge in [0.2, 0.25) is 11.7 Å². The monoisotopic (exact) mass is 219 g/mol. The normalized spacial score (nSPS) is 10.7. The summed E-state index contributed by atoms with van der Waals surface area (Å²) in [5.41, 5.74) is 7.04. The summed E-state index contributed by atoms with van der Waals surface area (Å²) in [6.07, 6.45) is 2.29. The van der Waals surface area contributed by atoms with E-state index in [1.807, 2.05) is 13.8 Å². The first-order chi connectivity index (χ1) is 7.70. The zero-order valence-electron chi connectivity index (χ0n) is 9.27.